The third kappa shape index (κ3) is 2.99. The van der Waals surface area contributed by atoms with Crippen LogP contribution in [0, 0.1) is 0 Å². The number of hydrogen-bond acceptors (Lipinski definition) is 3. The average molecular weight is 277 g/mol. The van der Waals surface area contributed by atoms with Gasteiger partial charge in [-0.1, -0.05) is 25.1 Å². The Balaban J connectivity index is 2.21. The molecular weight excluding hydrogens is 258 g/mol. The summed E-state index contributed by atoms with van der Waals surface area (Å²) < 4.78 is 5.33. The van der Waals surface area contributed by atoms with Crippen LogP contribution in [-0.4, -0.2) is 47.2 Å². The topological polar surface area (TPSA) is 66.8 Å². The van der Waals surface area contributed by atoms with Crippen molar-refractivity contribution < 1.29 is 19.4 Å². The highest BCUT2D eigenvalue weighted by atomic mass is 16.5. The molecule has 0 aromatic heterocycles. The van der Waals surface area contributed by atoms with Crippen molar-refractivity contribution >= 4 is 11.9 Å². The van der Waals surface area contributed by atoms with Crippen LogP contribution in [0.5, 0.6) is 0 Å². The van der Waals surface area contributed by atoms with Crippen LogP contribution in [0.15, 0.2) is 24.3 Å². The zero-order chi connectivity index (χ0) is 14.7. The van der Waals surface area contributed by atoms with Crippen molar-refractivity contribution in [3.05, 3.63) is 35.4 Å². The van der Waals surface area contributed by atoms with Gasteiger partial charge in [-0.05, 0) is 25.0 Å². The monoisotopic (exact) mass is 277 g/mol. The number of amides is 1. The van der Waals surface area contributed by atoms with E-state index in [4.69, 9.17) is 9.84 Å². The van der Waals surface area contributed by atoms with Crippen LogP contribution >= 0.6 is 0 Å². The van der Waals surface area contributed by atoms with E-state index in [1.54, 1.807) is 17.9 Å². The molecular formula is C15H19NO4. The van der Waals surface area contributed by atoms with Crippen molar-refractivity contribution in [2.45, 2.75) is 32.5 Å². The standard InChI is InChI=1S/C15H19NO4/c1-3-11-6-4-5-7-12(11)14(17)16-8-10(2)20-13(9-16)15(18)19/h4-7,10,13H,3,8-9H2,1-2H3,(H,18,19)/t10-,13?/m1/s1. The summed E-state index contributed by atoms with van der Waals surface area (Å²) in [5.74, 6) is -1.15. The lowest BCUT2D eigenvalue weighted by Crippen LogP contribution is -2.51. The molecule has 1 aliphatic rings. The maximum atomic E-state index is 12.6. The van der Waals surface area contributed by atoms with Crippen LogP contribution in [0.2, 0.25) is 0 Å². The van der Waals surface area contributed by atoms with Crippen molar-refractivity contribution in [1.29, 1.82) is 0 Å². The predicted molar refractivity (Wildman–Crippen MR) is 73.7 cm³/mol. The fraction of sp³-hybridized carbons (Fsp3) is 0.467. The summed E-state index contributed by atoms with van der Waals surface area (Å²) in [6, 6.07) is 7.44. The summed E-state index contributed by atoms with van der Waals surface area (Å²) >= 11 is 0. The van der Waals surface area contributed by atoms with Gasteiger partial charge in [0, 0.05) is 12.1 Å². The third-order valence-corrected chi connectivity index (χ3v) is 3.45. The molecule has 1 amide bonds. The molecule has 1 N–H and O–H groups in total. The molecule has 1 fully saturated rings. The summed E-state index contributed by atoms with van der Waals surface area (Å²) in [6.45, 7) is 4.28. The summed E-state index contributed by atoms with van der Waals surface area (Å²) in [7, 11) is 0. The summed E-state index contributed by atoms with van der Waals surface area (Å²) in [5, 5.41) is 9.06. The lowest BCUT2D eigenvalue weighted by Gasteiger charge is -2.35. The van der Waals surface area contributed by atoms with E-state index in [-0.39, 0.29) is 18.6 Å². The second-order valence-corrected chi connectivity index (χ2v) is 4.99. The number of aliphatic carboxylic acids is 1. The van der Waals surface area contributed by atoms with Crippen LogP contribution in [0.25, 0.3) is 0 Å². The minimum atomic E-state index is -1.03. The molecule has 0 spiro atoms. The van der Waals surface area contributed by atoms with Crippen LogP contribution in [-0.2, 0) is 16.0 Å². The van der Waals surface area contributed by atoms with Crippen molar-refractivity contribution in [3.8, 4) is 0 Å². The smallest absolute Gasteiger partial charge is 0.334 e. The van der Waals surface area contributed by atoms with Gasteiger partial charge in [0.15, 0.2) is 6.10 Å². The number of carboxylic acids is 1. The first kappa shape index (κ1) is 14.5. The Labute approximate surface area is 118 Å². The highest BCUT2D eigenvalue weighted by Gasteiger charge is 2.33. The van der Waals surface area contributed by atoms with E-state index in [1.165, 1.54) is 0 Å². The molecule has 1 unspecified atom stereocenters. The number of hydrogen-bond donors (Lipinski definition) is 1. The van der Waals surface area contributed by atoms with Gasteiger partial charge in [0.05, 0.1) is 12.6 Å². The van der Waals surface area contributed by atoms with Crippen LogP contribution in [0.3, 0.4) is 0 Å². The van der Waals surface area contributed by atoms with E-state index < -0.39 is 12.1 Å². The van der Waals surface area contributed by atoms with Gasteiger partial charge in [0.2, 0.25) is 0 Å². The molecule has 5 heteroatoms. The first-order chi connectivity index (χ1) is 9.52. The number of nitrogens with zero attached hydrogens (tertiary/aromatic N) is 1. The molecule has 20 heavy (non-hydrogen) atoms. The molecule has 2 atom stereocenters. The van der Waals surface area contributed by atoms with E-state index in [1.807, 2.05) is 25.1 Å². The predicted octanol–water partition coefficient (Wildman–Crippen LogP) is 1.56. The van der Waals surface area contributed by atoms with Crippen molar-refractivity contribution in [2.75, 3.05) is 13.1 Å². The molecule has 0 bridgehead atoms. The quantitative estimate of drug-likeness (QED) is 0.910. The van der Waals surface area contributed by atoms with E-state index >= 15 is 0 Å². The molecule has 1 aromatic rings. The highest BCUT2D eigenvalue weighted by molar-refractivity contribution is 5.96. The van der Waals surface area contributed by atoms with E-state index in [0.29, 0.717) is 12.1 Å². The largest absolute Gasteiger partial charge is 0.479 e. The van der Waals surface area contributed by atoms with Gasteiger partial charge >= 0.3 is 5.97 Å². The second kappa shape index (κ2) is 6.05. The fourth-order valence-electron chi connectivity index (χ4n) is 2.46. The Morgan fingerprint density at radius 2 is 2.05 bits per heavy atom. The lowest BCUT2D eigenvalue weighted by atomic mass is 10.0. The molecule has 0 saturated carbocycles. The number of aryl methyl sites for hydroxylation is 1. The number of carbonyl (C=O) groups excluding carboxylic acids is 1. The van der Waals surface area contributed by atoms with Gasteiger partial charge in [-0.15, -0.1) is 0 Å². The maximum Gasteiger partial charge on any atom is 0.334 e. The van der Waals surface area contributed by atoms with Crippen LogP contribution in [0.1, 0.15) is 29.8 Å². The molecule has 1 heterocycles. The molecule has 0 aliphatic carbocycles. The van der Waals surface area contributed by atoms with Gasteiger partial charge in [-0.2, -0.15) is 0 Å². The Bertz CT molecular complexity index is 514. The van der Waals surface area contributed by atoms with Gasteiger partial charge in [0.1, 0.15) is 0 Å². The zero-order valence-electron chi connectivity index (χ0n) is 11.7. The Hall–Kier alpha value is -1.88. The van der Waals surface area contributed by atoms with Crippen LogP contribution < -0.4 is 0 Å². The van der Waals surface area contributed by atoms with Crippen LogP contribution in [0.4, 0.5) is 0 Å². The first-order valence-corrected chi connectivity index (χ1v) is 6.78. The van der Waals surface area contributed by atoms with Crippen molar-refractivity contribution in [1.82, 2.24) is 4.90 Å². The molecule has 1 aromatic carbocycles. The van der Waals surface area contributed by atoms with Crippen molar-refractivity contribution in [3.63, 3.8) is 0 Å². The summed E-state index contributed by atoms with van der Waals surface area (Å²) in [6.07, 6.45) is -0.455. The van der Waals surface area contributed by atoms with E-state index in [0.717, 1.165) is 12.0 Å². The van der Waals surface area contributed by atoms with E-state index in [2.05, 4.69) is 0 Å². The molecule has 2 rings (SSSR count). The van der Waals surface area contributed by atoms with E-state index in [9.17, 15) is 9.59 Å². The molecule has 5 nitrogen and oxygen atoms in total. The highest BCUT2D eigenvalue weighted by Crippen LogP contribution is 2.17. The minimum Gasteiger partial charge on any atom is -0.479 e. The number of carboxylic acid groups (broad SMARTS) is 1. The molecule has 0 radical (unpaired) electrons. The van der Waals surface area contributed by atoms with Gasteiger partial charge in [0.25, 0.3) is 5.91 Å². The average Bonchev–Trinajstić information content (AvgIpc) is 2.45. The van der Waals surface area contributed by atoms with Gasteiger partial charge in [-0.25, -0.2) is 4.79 Å². The molecule has 108 valence electrons. The molecule has 1 aliphatic heterocycles. The Morgan fingerprint density at radius 1 is 1.35 bits per heavy atom. The van der Waals surface area contributed by atoms with Crippen molar-refractivity contribution in [2.24, 2.45) is 0 Å². The number of carbonyl (C=O) groups is 2. The Kier molecular flexibility index (Phi) is 4.39. The number of rotatable bonds is 3. The van der Waals surface area contributed by atoms with Gasteiger partial charge in [-0.3, -0.25) is 4.79 Å². The Morgan fingerprint density at radius 3 is 2.70 bits per heavy atom. The summed E-state index contributed by atoms with van der Waals surface area (Å²) in [4.78, 5) is 25.2. The summed E-state index contributed by atoms with van der Waals surface area (Å²) in [5.41, 5.74) is 1.62. The lowest BCUT2D eigenvalue weighted by molar-refractivity contribution is -0.160. The third-order valence-electron chi connectivity index (χ3n) is 3.45. The zero-order valence-corrected chi connectivity index (χ0v) is 11.7. The number of benzene rings is 1. The molecule has 1 saturated heterocycles. The SMILES string of the molecule is CCc1ccccc1C(=O)N1CC(C(=O)O)O[C@H](C)C1. The minimum absolute atomic E-state index is 0.0938. The number of morpholine rings is 1. The normalized spacial score (nSPS) is 22.6. The maximum absolute atomic E-state index is 12.6. The second-order valence-electron chi connectivity index (χ2n) is 4.99. The first-order valence-electron chi connectivity index (χ1n) is 6.78. The fourth-order valence-corrected chi connectivity index (χ4v) is 2.46. The number of ether oxygens (including phenoxy) is 1. The van der Waals surface area contributed by atoms with Gasteiger partial charge < -0.3 is 14.7 Å².